The van der Waals surface area contributed by atoms with Crippen molar-refractivity contribution < 1.29 is 14.3 Å². The molecule has 4 nitrogen and oxygen atoms in total. The first-order chi connectivity index (χ1) is 11.1. The molecular formula is C19H19NO3. The van der Waals surface area contributed by atoms with E-state index in [4.69, 9.17) is 4.74 Å². The molecule has 1 aliphatic heterocycles. The number of hydrogen-bond acceptors (Lipinski definition) is 3. The maximum Gasteiger partial charge on any atom is 0.251 e. The number of rotatable bonds is 4. The Labute approximate surface area is 135 Å². The van der Waals surface area contributed by atoms with Gasteiger partial charge in [0.1, 0.15) is 5.75 Å². The van der Waals surface area contributed by atoms with Crippen LogP contribution in [-0.4, -0.2) is 24.3 Å². The lowest BCUT2D eigenvalue weighted by Crippen LogP contribution is -2.37. The third kappa shape index (κ3) is 3.11. The minimum atomic E-state index is -0.142. The number of carbonyl (C=O) groups is 2. The smallest absolute Gasteiger partial charge is 0.251 e. The van der Waals surface area contributed by atoms with Crippen molar-refractivity contribution in [2.75, 3.05) is 6.61 Å². The van der Waals surface area contributed by atoms with E-state index in [2.05, 4.69) is 5.32 Å². The molecule has 1 amide bonds. The number of ketones is 1. The molecule has 0 saturated heterocycles. The van der Waals surface area contributed by atoms with Crippen LogP contribution in [-0.2, 0) is 0 Å². The largest absolute Gasteiger partial charge is 0.493 e. The van der Waals surface area contributed by atoms with Gasteiger partial charge in [-0.2, -0.15) is 0 Å². The van der Waals surface area contributed by atoms with Gasteiger partial charge in [-0.05, 0) is 32.0 Å². The van der Waals surface area contributed by atoms with Gasteiger partial charge in [0, 0.05) is 28.7 Å². The van der Waals surface area contributed by atoms with E-state index >= 15 is 0 Å². The lowest BCUT2D eigenvalue weighted by atomic mass is 9.94. The topological polar surface area (TPSA) is 55.4 Å². The average Bonchev–Trinajstić information content (AvgIpc) is 2.99. The first-order valence-electron chi connectivity index (χ1n) is 7.70. The van der Waals surface area contributed by atoms with Crippen LogP contribution in [0.3, 0.4) is 0 Å². The van der Waals surface area contributed by atoms with Crippen LogP contribution in [0.25, 0.3) is 0 Å². The Morgan fingerprint density at radius 1 is 1.09 bits per heavy atom. The number of ether oxygens (including phenoxy) is 1. The van der Waals surface area contributed by atoms with Crippen molar-refractivity contribution in [2.45, 2.75) is 25.8 Å². The quantitative estimate of drug-likeness (QED) is 0.883. The fourth-order valence-corrected chi connectivity index (χ4v) is 2.85. The molecule has 0 bridgehead atoms. The van der Waals surface area contributed by atoms with Gasteiger partial charge >= 0.3 is 0 Å². The normalized spacial score (nSPS) is 17.0. The van der Waals surface area contributed by atoms with E-state index in [9.17, 15) is 9.59 Å². The fourth-order valence-electron chi connectivity index (χ4n) is 2.85. The van der Waals surface area contributed by atoms with Crippen LogP contribution >= 0.6 is 0 Å². The first kappa shape index (κ1) is 15.3. The second-order valence-electron chi connectivity index (χ2n) is 5.85. The second kappa shape index (κ2) is 6.24. The number of fused-ring (bicyclic) bond motifs is 1. The van der Waals surface area contributed by atoms with Crippen molar-refractivity contribution in [3.05, 3.63) is 65.2 Å². The molecule has 3 rings (SSSR count). The Hall–Kier alpha value is -2.62. The second-order valence-corrected chi connectivity index (χ2v) is 5.85. The highest BCUT2D eigenvalue weighted by molar-refractivity contribution is 5.97. The van der Waals surface area contributed by atoms with Crippen LogP contribution in [0.15, 0.2) is 48.5 Å². The molecular weight excluding hydrogens is 290 g/mol. The number of para-hydroxylation sites is 1. The molecule has 0 aromatic heterocycles. The van der Waals surface area contributed by atoms with Crippen molar-refractivity contribution in [2.24, 2.45) is 0 Å². The van der Waals surface area contributed by atoms with Gasteiger partial charge in [-0.1, -0.05) is 30.3 Å². The zero-order valence-corrected chi connectivity index (χ0v) is 13.2. The van der Waals surface area contributed by atoms with Crippen molar-refractivity contribution in [3.63, 3.8) is 0 Å². The van der Waals surface area contributed by atoms with Crippen LogP contribution in [0.5, 0.6) is 5.75 Å². The highest BCUT2D eigenvalue weighted by Crippen LogP contribution is 2.35. The van der Waals surface area contributed by atoms with Crippen LogP contribution in [0, 0.1) is 0 Å². The van der Waals surface area contributed by atoms with E-state index in [1.807, 2.05) is 31.2 Å². The maximum absolute atomic E-state index is 12.4. The van der Waals surface area contributed by atoms with Gasteiger partial charge in [0.25, 0.3) is 5.91 Å². The Balaban J connectivity index is 1.69. The van der Waals surface area contributed by atoms with Gasteiger partial charge in [-0.25, -0.2) is 0 Å². The molecule has 2 aromatic carbocycles. The molecule has 0 spiro atoms. The predicted octanol–water partition coefficient (Wildman–Crippen LogP) is 3.18. The molecule has 0 unspecified atom stereocenters. The highest BCUT2D eigenvalue weighted by Gasteiger charge is 2.29. The number of carbonyl (C=O) groups excluding carboxylic acids is 2. The van der Waals surface area contributed by atoms with Crippen LogP contribution in [0.1, 0.15) is 46.0 Å². The summed E-state index contributed by atoms with van der Waals surface area (Å²) >= 11 is 0. The molecule has 1 N–H and O–H groups in total. The van der Waals surface area contributed by atoms with Gasteiger partial charge in [-0.3, -0.25) is 9.59 Å². The maximum atomic E-state index is 12.4. The van der Waals surface area contributed by atoms with E-state index in [1.54, 1.807) is 24.3 Å². The Morgan fingerprint density at radius 3 is 2.43 bits per heavy atom. The summed E-state index contributed by atoms with van der Waals surface area (Å²) in [5, 5.41) is 3.02. The summed E-state index contributed by atoms with van der Waals surface area (Å²) < 4.78 is 5.67. The van der Waals surface area contributed by atoms with Crippen molar-refractivity contribution in [1.82, 2.24) is 5.32 Å². The van der Waals surface area contributed by atoms with E-state index in [0.717, 1.165) is 11.3 Å². The minimum absolute atomic E-state index is 0.00922. The fraction of sp³-hybridized carbons (Fsp3) is 0.263. The lowest BCUT2D eigenvalue weighted by Gasteiger charge is -2.20. The SMILES string of the molecule is CC(=O)c1ccc(C(=O)N[C@H](C)[C@H]2COc3ccccc32)cc1. The summed E-state index contributed by atoms with van der Waals surface area (Å²) in [6.45, 7) is 4.07. The van der Waals surface area contributed by atoms with E-state index in [-0.39, 0.29) is 23.7 Å². The van der Waals surface area contributed by atoms with Crippen LogP contribution < -0.4 is 10.1 Å². The summed E-state index contributed by atoms with van der Waals surface area (Å²) in [7, 11) is 0. The van der Waals surface area contributed by atoms with Gasteiger partial charge in [0.05, 0.1) is 6.61 Å². The molecule has 0 radical (unpaired) electrons. The van der Waals surface area contributed by atoms with Crippen molar-refractivity contribution >= 4 is 11.7 Å². The Kier molecular flexibility index (Phi) is 4.15. The summed E-state index contributed by atoms with van der Waals surface area (Å²) in [6.07, 6.45) is 0. The monoisotopic (exact) mass is 309 g/mol. The van der Waals surface area contributed by atoms with Crippen molar-refractivity contribution in [1.29, 1.82) is 0 Å². The van der Waals surface area contributed by atoms with Crippen LogP contribution in [0.4, 0.5) is 0 Å². The Bertz CT molecular complexity index is 737. The molecule has 1 heterocycles. The molecule has 1 aliphatic rings. The van der Waals surface area contributed by atoms with Gasteiger partial charge in [0.15, 0.2) is 5.78 Å². The molecule has 23 heavy (non-hydrogen) atoms. The summed E-state index contributed by atoms with van der Waals surface area (Å²) in [6, 6.07) is 14.6. The highest BCUT2D eigenvalue weighted by atomic mass is 16.5. The minimum Gasteiger partial charge on any atom is -0.493 e. The van der Waals surface area contributed by atoms with Gasteiger partial charge in [-0.15, -0.1) is 0 Å². The molecule has 0 aliphatic carbocycles. The summed E-state index contributed by atoms with van der Waals surface area (Å²) in [4.78, 5) is 23.6. The standard InChI is InChI=1S/C19H19NO3/c1-12(17-11-23-18-6-4-3-5-16(17)18)20-19(22)15-9-7-14(8-10-15)13(2)21/h3-10,12,17H,11H2,1-2H3,(H,20,22)/t12-,17-/m1/s1. The first-order valence-corrected chi connectivity index (χ1v) is 7.70. The number of hydrogen-bond donors (Lipinski definition) is 1. The van der Waals surface area contributed by atoms with E-state index in [1.165, 1.54) is 6.92 Å². The molecule has 2 aromatic rings. The van der Waals surface area contributed by atoms with E-state index < -0.39 is 0 Å². The van der Waals surface area contributed by atoms with Crippen molar-refractivity contribution in [3.8, 4) is 5.75 Å². The average molecular weight is 309 g/mol. The third-order valence-corrected chi connectivity index (χ3v) is 4.25. The molecule has 0 fully saturated rings. The van der Waals surface area contributed by atoms with Gasteiger partial charge < -0.3 is 10.1 Å². The van der Waals surface area contributed by atoms with Gasteiger partial charge in [0.2, 0.25) is 0 Å². The number of benzene rings is 2. The Morgan fingerprint density at radius 2 is 1.74 bits per heavy atom. The predicted molar refractivity (Wildman–Crippen MR) is 88.1 cm³/mol. The molecule has 2 atom stereocenters. The zero-order chi connectivity index (χ0) is 16.4. The number of Topliss-reactive ketones (excluding diaryl/α,β-unsaturated/α-hetero) is 1. The lowest BCUT2D eigenvalue weighted by molar-refractivity contribution is 0.0930. The number of nitrogens with one attached hydrogen (secondary N) is 1. The third-order valence-electron chi connectivity index (χ3n) is 4.25. The molecule has 4 heteroatoms. The molecule has 0 saturated carbocycles. The van der Waals surface area contributed by atoms with E-state index in [0.29, 0.717) is 17.7 Å². The number of amides is 1. The summed E-state index contributed by atoms with van der Waals surface area (Å²) in [5.74, 6) is 0.887. The van der Waals surface area contributed by atoms with Crippen LogP contribution in [0.2, 0.25) is 0 Å². The summed E-state index contributed by atoms with van der Waals surface area (Å²) in [5.41, 5.74) is 2.29. The molecule has 118 valence electrons. The zero-order valence-electron chi connectivity index (χ0n) is 13.2.